The Kier molecular flexibility index (Phi) is 5.70. The molecule has 1 saturated heterocycles. The predicted molar refractivity (Wildman–Crippen MR) is 93.1 cm³/mol. The summed E-state index contributed by atoms with van der Waals surface area (Å²) >= 11 is 0. The summed E-state index contributed by atoms with van der Waals surface area (Å²) < 4.78 is 5.53. The number of carbonyl (C=O) groups excluding carboxylic acids is 2. The van der Waals surface area contributed by atoms with Crippen LogP contribution in [0.4, 0.5) is 4.79 Å². The van der Waals surface area contributed by atoms with E-state index >= 15 is 0 Å². The Hall–Kier alpha value is -2.24. The third-order valence-corrected chi connectivity index (χ3v) is 3.78. The number of hydrogen-bond acceptors (Lipinski definition) is 3. The molecule has 132 valence electrons. The first-order valence-corrected chi connectivity index (χ1v) is 8.29. The number of amides is 3. The Morgan fingerprint density at radius 1 is 1.04 bits per heavy atom. The number of carbonyl (C=O) groups is 2. The lowest BCUT2D eigenvalue weighted by molar-refractivity contribution is -0.134. The van der Waals surface area contributed by atoms with E-state index in [0.29, 0.717) is 31.9 Å². The van der Waals surface area contributed by atoms with Crippen LogP contribution in [0.1, 0.15) is 26.3 Å². The Morgan fingerprint density at radius 3 is 2.12 bits per heavy atom. The fourth-order valence-electron chi connectivity index (χ4n) is 2.43. The van der Waals surface area contributed by atoms with Crippen molar-refractivity contribution in [3.8, 4) is 5.75 Å². The number of hydrogen-bond donors (Lipinski definition) is 1. The zero-order chi connectivity index (χ0) is 17.7. The summed E-state index contributed by atoms with van der Waals surface area (Å²) in [6, 6.07) is 7.54. The monoisotopic (exact) mass is 333 g/mol. The molecular formula is C18H27N3O3. The molecule has 3 amide bonds. The van der Waals surface area contributed by atoms with E-state index in [1.54, 1.807) is 9.80 Å². The number of nitrogens with one attached hydrogen (secondary N) is 1. The van der Waals surface area contributed by atoms with Gasteiger partial charge in [-0.2, -0.15) is 0 Å². The summed E-state index contributed by atoms with van der Waals surface area (Å²) in [5.41, 5.74) is 0.893. The smallest absolute Gasteiger partial charge is 0.317 e. The maximum absolute atomic E-state index is 12.2. The van der Waals surface area contributed by atoms with Gasteiger partial charge < -0.3 is 19.9 Å². The second-order valence-corrected chi connectivity index (χ2v) is 7.15. The van der Waals surface area contributed by atoms with Gasteiger partial charge in [-0.15, -0.1) is 0 Å². The van der Waals surface area contributed by atoms with Crippen LogP contribution >= 0.6 is 0 Å². The Balaban J connectivity index is 1.76. The van der Waals surface area contributed by atoms with Crippen molar-refractivity contribution in [1.82, 2.24) is 15.1 Å². The van der Waals surface area contributed by atoms with Crippen LogP contribution < -0.4 is 10.1 Å². The van der Waals surface area contributed by atoms with Gasteiger partial charge in [0.2, 0.25) is 0 Å². The summed E-state index contributed by atoms with van der Waals surface area (Å²) in [6.07, 6.45) is 0. The van der Waals surface area contributed by atoms with E-state index in [0.717, 1.165) is 5.56 Å². The van der Waals surface area contributed by atoms with Gasteiger partial charge in [0.15, 0.2) is 6.61 Å². The zero-order valence-corrected chi connectivity index (χ0v) is 15.0. The van der Waals surface area contributed by atoms with Crippen LogP contribution in [-0.2, 0) is 4.79 Å². The fourth-order valence-corrected chi connectivity index (χ4v) is 2.43. The highest BCUT2D eigenvalue weighted by Gasteiger charge is 2.26. The first kappa shape index (κ1) is 18.1. The van der Waals surface area contributed by atoms with Gasteiger partial charge in [-0.25, -0.2) is 4.79 Å². The average Bonchev–Trinajstić information content (AvgIpc) is 2.52. The van der Waals surface area contributed by atoms with Crippen LogP contribution in [0.3, 0.4) is 0 Å². The molecule has 1 aromatic carbocycles. The number of urea groups is 1. The van der Waals surface area contributed by atoms with E-state index in [9.17, 15) is 9.59 Å². The first-order valence-electron chi connectivity index (χ1n) is 8.29. The molecule has 0 unspecified atom stereocenters. The molecule has 1 aliphatic rings. The highest BCUT2D eigenvalue weighted by molar-refractivity contribution is 5.79. The maximum atomic E-state index is 12.2. The number of piperazine rings is 1. The van der Waals surface area contributed by atoms with Crippen molar-refractivity contribution in [2.45, 2.75) is 33.2 Å². The molecule has 6 nitrogen and oxygen atoms in total. The molecular weight excluding hydrogens is 306 g/mol. The maximum Gasteiger partial charge on any atom is 0.317 e. The molecule has 1 aliphatic heterocycles. The third-order valence-electron chi connectivity index (χ3n) is 3.78. The van der Waals surface area contributed by atoms with Crippen molar-refractivity contribution >= 4 is 11.9 Å². The number of rotatable bonds is 3. The Bertz CT molecular complexity index is 570. The van der Waals surface area contributed by atoms with Crippen LogP contribution in [0.25, 0.3) is 0 Å². The van der Waals surface area contributed by atoms with Gasteiger partial charge in [0.1, 0.15) is 5.75 Å². The highest BCUT2D eigenvalue weighted by atomic mass is 16.5. The molecule has 0 aromatic heterocycles. The lowest BCUT2D eigenvalue weighted by atomic mass is 10.1. The van der Waals surface area contributed by atoms with E-state index < -0.39 is 0 Å². The summed E-state index contributed by atoms with van der Waals surface area (Å²) in [4.78, 5) is 27.8. The van der Waals surface area contributed by atoms with Gasteiger partial charge in [-0.3, -0.25) is 4.79 Å². The molecule has 1 aromatic rings. The van der Waals surface area contributed by atoms with E-state index in [2.05, 4.69) is 5.32 Å². The third kappa shape index (κ3) is 5.44. The van der Waals surface area contributed by atoms with E-state index in [1.165, 1.54) is 0 Å². The van der Waals surface area contributed by atoms with E-state index in [4.69, 9.17) is 4.74 Å². The van der Waals surface area contributed by atoms with Crippen molar-refractivity contribution in [1.29, 1.82) is 0 Å². The standard InChI is InChI=1S/C18H27N3O3/c1-14-5-7-15(8-6-14)24-13-16(22)20-9-11-21(12-10-20)17(23)19-18(2,3)4/h5-8H,9-13H2,1-4H3,(H,19,23). The van der Waals surface area contributed by atoms with Crippen LogP contribution in [0.15, 0.2) is 24.3 Å². The van der Waals surface area contributed by atoms with E-state index in [-0.39, 0.29) is 24.1 Å². The van der Waals surface area contributed by atoms with Crippen molar-refractivity contribution in [3.05, 3.63) is 29.8 Å². The minimum atomic E-state index is -0.258. The second-order valence-electron chi connectivity index (χ2n) is 7.15. The lowest BCUT2D eigenvalue weighted by Gasteiger charge is -2.36. The molecule has 0 atom stereocenters. The molecule has 0 radical (unpaired) electrons. The molecule has 1 N–H and O–H groups in total. The Morgan fingerprint density at radius 2 is 1.58 bits per heavy atom. The molecule has 1 heterocycles. The highest BCUT2D eigenvalue weighted by Crippen LogP contribution is 2.12. The summed E-state index contributed by atoms with van der Waals surface area (Å²) in [7, 11) is 0. The molecule has 1 fully saturated rings. The average molecular weight is 333 g/mol. The van der Waals surface area contributed by atoms with Gasteiger partial charge in [-0.05, 0) is 39.8 Å². The molecule has 6 heteroatoms. The minimum absolute atomic E-state index is 0.0250. The van der Waals surface area contributed by atoms with Crippen LogP contribution in [0, 0.1) is 6.92 Å². The predicted octanol–water partition coefficient (Wildman–Crippen LogP) is 2.03. The molecule has 2 rings (SSSR count). The number of nitrogens with zero attached hydrogens (tertiary/aromatic N) is 2. The van der Waals surface area contributed by atoms with Crippen molar-refractivity contribution < 1.29 is 14.3 Å². The van der Waals surface area contributed by atoms with Crippen LogP contribution in [0.2, 0.25) is 0 Å². The number of aryl methyl sites for hydroxylation is 1. The molecule has 0 saturated carbocycles. The minimum Gasteiger partial charge on any atom is -0.484 e. The van der Waals surface area contributed by atoms with Gasteiger partial charge in [0.25, 0.3) is 5.91 Å². The van der Waals surface area contributed by atoms with Crippen LogP contribution in [0.5, 0.6) is 5.75 Å². The fraction of sp³-hybridized carbons (Fsp3) is 0.556. The van der Waals surface area contributed by atoms with Crippen molar-refractivity contribution in [2.24, 2.45) is 0 Å². The van der Waals surface area contributed by atoms with Crippen molar-refractivity contribution in [3.63, 3.8) is 0 Å². The molecule has 0 spiro atoms. The molecule has 24 heavy (non-hydrogen) atoms. The molecule has 0 bridgehead atoms. The van der Waals surface area contributed by atoms with Gasteiger partial charge in [0.05, 0.1) is 0 Å². The molecule has 0 aliphatic carbocycles. The SMILES string of the molecule is Cc1ccc(OCC(=O)N2CCN(C(=O)NC(C)(C)C)CC2)cc1. The van der Waals surface area contributed by atoms with E-state index in [1.807, 2.05) is 52.0 Å². The first-order chi connectivity index (χ1) is 11.2. The summed E-state index contributed by atoms with van der Waals surface area (Å²) in [6.45, 7) is 10.0. The topological polar surface area (TPSA) is 61.9 Å². The van der Waals surface area contributed by atoms with Crippen molar-refractivity contribution in [2.75, 3.05) is 32.8 Å². The second kappa shape index (κ2) is 7.55. The zero-order valence-electron chi connectivity index (χ0n) is 15.0. The van der Waals surface area contributed by atoms with Gasteiger partial charge in [0, 0.05) is 31.7 Å². The number of benzene rings is 1. The largest absolute Gasteiger partial charge is 0.484 e. The van der Waals surface area contributed by atoms with Crippen LogP contribution in [-0.4, -0.2) is 60.1 Å². The number of ether oxygens (including phenoxy) is 1. The summed E-state index contributed by atoms with van der Waals surface area (Å²) in [5.74, 6) is 0.642. The normalized spacial score (nSPS) is 15.2. The lowest BCUT2D eigenvalue weighted by Crippen LogP contribution is -2.56. The quantitative estimate of drug-likeness (QED) is 0.920. The summed E-state index contributed by atoms with van der Waals surface area (Å²) in [5, 5.41) is 2.94. The van der Waals surface area contributed by atoms with Gasteiger partial charge >= 0.3 is 6.03 Å². The van der Waals surface area contributed by atoms with Gasteiger partial charge in [-0.1, -0.05) is 17.7 Å². The Labute approximate surface area is 143 Å².